The lowest BCUT2D eigenvalue weighted by Gasteiger charge is -2.11. The summed E-state index contributed by atoms with van der Waals surface area (Å²) < 4.78 is 0. The summed E-state index contributed by atoms with van der Waals surface area (Å²) in [5.41, 5.74) is 5.16. The van der Waals surface area contributed by atoms with Crippen molar-refractivity contribution in [1.82, 2.24) is 9.97 Å². The third-order valence-corrected chi connectivity index (χ3v) is 4.02. The third kappa shape index (κ3) is 4.16. The molecule has 0 radical (unpaired) electrons. The fraction of sp³-hybridized carbons (Fsp3) is 0.150. The summed E-state index contributed by atoms with van der Waals surface area (Å²) in [6.45, 7) is 6.03. The number of rotatable bonds is 5. The maximum atomic E-state index is 10.9. The van der Waals surface area contributed by atoms with E-state index in [2.05, 4.69) is 46.6 Å². The second kappa shape index (κ2) is 7.23. The molecule has 0 spiro atoms. The van der Waals surface area contributed by atoms with Gasteiger partial charge in [-0.1, -0.05) is 6.07 Å². The molecule has 0 amide bonds. The molecule has 0 atom stereocenters. The monoisotopic (exact) mass is 348 g/mol. The quantitative estimate of drug-likeness (QED) is 0.625. The van der Waals surface area contributed by atoms with E-state index in [0.717, 1.165) is 17.1 Å². The molecule has 0 fully saturated rings. The van der Waals surface area contributed by atoms with Gasteiger partial charge in [-0.3, -0.25) is 0 Å². The first-order chi connectivity index (χ1) is 12.4. The molecule has 26 heavy (non-hydrogen) atoms. The highest BCUT2D eigenvalue weighted by atomic mass is 16.4. The standard InChI is InChI=1S/C20H20N4O2/c1-12-4-7-17(10-13(12)2)23-20-21-14(3)11-18(24-20)22-16-8-5-15(6-9-16)19(25)26/h4-11H,1-3H3,(H,25,26)(H2,21,22,23,24). The van der Waals surface area contributed by atoms with Gasteiger partial charge in [0.05, 0.1) is 5.56 Å². The first-order valence-electron chi connectivity index (χ1n) is 8.21. The Morgan fingerprint density at radius 1 is 0.846 bits per heavy atom. The summed E-state index contributed by atoms with van der Waals surface area (Å²) in [4.78, 5) is 19.8. The molecule has 3 rings (SSSR count). The average Bonchev–Trinajstić information content (AvgIpc) is 2.58. The lowest BCUT2D eigenvalue weighted by atomic mass is 10.1. The minimum absolute atomic E-state index is 0.242. The third-order valence-electron chi connectivity index (χ3n) is 4.02. The second-order valence-electron chi connectivity index (χ2n) is 6.15. The van der Waals surface area contributed by atoms with Gasteiger partial charge in [-0.15, -0.1) is 0 Å². The predicted octanol–water partition coefficient (Wildman–Crippen LogP) is 4.59. The Balaban J connectivity index is 1.80. The number of hydrogen-bond acceptors (Lipinski definition) is 5. The lowest BCUT2D eigenvalue weighted by Crippen LogP contribution is -2.03. The van der Waals surface area contributed by atoms with E-state index in [4.69, 9.17) is 5.11 Å². The summed E-state index contributed by atoms with van der Waals surface area (Å²) in [7, 11) is 0. The van der Waals surface area contributed by atoms with Crippen LogP contribution in [0.4, 0.5) is 23.1 Å². The van der Waals surface area contributed by atoms with Crippen molar-refractivity contribution >= 4 is 29.1 Å². The molecular weight excluding hydrogens is 328 g/mol. The van der Waals surface area contributed by atoms with Gasteiger partial charge in [-0.2, -0.15) is 4.98 Å². The van der Waals surface area contributed by atoms with Gasteiger partial charge in [-0.25, -0.2) is 9.78 Å². The largest absolute Gasteiger partial charge is 0.478 e. The molecule has 6 heteroatoms. The minimum Gasteiger partial charge on any atom is -0.478 e. The number of benzene rings is 2. The van der Waals surface area contributed by atoms with Crippen molar-refractivity contribution in [3.05, 3.63) is 70.9 Å². The molecule has 0 aliphatic rings. The molecule has 2 aromatic carbocycles. The van der Waals surface area contributed by atoms with Crippen molar-refractivity contribution in [3.8, 4) is 0 Å². The summed E-state index contributed by atoms with van der Waals surface area (Å²) in [6.07, 6.45) is 0. The van der Waals surface area contributed by atoms with Crippen LogP contribution in [0.3, 0.4) is 0 Å². The van der Waals surface area contributed by atoms with Crippen LogP contribution in [0.2, 0.25) is 0 Å². The summed E-state index contributed by atoms with van der Waals surface area (Å²) >= 11 is 0. The molecule has 0 unspecified atom stereocenters. The smallest absolute Gasteiger partial charge is 0.335 e. The number of nitrogens with one attached hydrogen (secondary N) is 2. The van der Waals surface area contributed by atoms with Crippen LogP contribution in [0.25, 0.3) is 0 Å². The molecule has 132 valence electrons. The van der Waals surface area contributed by atoms with Crippen molar-refractivity contribution in [2.45, 2.75) is 20.8 Å². The Bertz CT molecular complexity index is 953. The van der Waals surface area contributed by atoms with Crippen LogP contribution >= 0.6 is 0 Å². The summed E-state index contributed by atoms with van der Waals surface area (Å²) in [5, 5.41) is 15.4. The van der Waals surface area contributed by atoms with E-state index in [9.17, 15) is 4.79 Å². The highest BCUT2D eigenvalue weighted by Gasteiger charge is 2.06. The number of carboxylic acids is 1. The van der Waals surface area contributed by atoms with Gasteiger partial charge in [-0.05, 0) is 68.3 Å². The normalized spacial score (nSPS) is 10.4. The maximum Gasteiger partial charge on any atom is 0.335 e. The van der Waals surface area contributed by atoms with Crippen LogP contribution in [0.5, 0.6) is 0 Å². The molecule has 0 aliphatic carbocycles. The fourth-order valence-corrected chi connectivity index (χ4v) is 2.48. The van der Waals surface area contributed by atoms with Gasteiger partial charge in [0.15, 0.2) is 0 Å². The van der Waals surface area contributed by atoms with Gasteiger partial charge in [0.2, 0.25) is 5.95 Å². The zero-order chi connectivity index (χ0) is 18.7. The van der Waals surface area contributed by atoms with Crippen molar-refractivity contribution in [2.75, 3.05) is 10.6 Å². The van der Waals surface area contributed by atoms with Crippen LogP contribution in [0, 0.1) is 20.8 Å². The van der Waals surface area contributed by atoms with Gasteiger partial charge >= 0.3 is 5.97 Å². The number of aromatic carboxylic acids is 1. The molecule has 3 N–H and O–H groups in total. The van der Waals surface area contributed by atoms with Crippen molar-refractivity contribution < 1.29 is 9.90 Å². The molecule has 0 saturated carbocycles. The first kappa shape index (κ1) is 17.4. The number of aromatic nitrogens is 2. The lowest BCUT2D eigenvalue weighted by molar-refractivity contribution is 0.0697. The molecule has 0 aliphatic heterocycles. The molecule has 3 aromatic rings. The van der Waals surface area contributed by atoms with E-state index in [1.54, 1.807) is 24.3 Å². The Morgan fingerprint density at radius 3 is 2.19 bits per heavy atom. The highest BCUT2D eigenvalue weighted by molar-refractivity contribution is 5.88. The van der Waals surface area contributed by atoms with Gasteiger partial charge in [0.25, 0.3) is 0 Å². The van der Waals surface area contributed by atoms with E-state index in [1.165, 1.54) is 11.1 Å². The van der Waals surface area contributed by atoms with Crippen LogP contribution in [0.15, 0.2) is 48.5 Å². The molecule has 6 nitrogen and oxygen atoms in total. The SMILES string of the molecule is Cc1cc(Nc2ccc(C(=O)O)cc2)nc(Nc2ccc(C)c(C)c2)n1. The summed E-state index contributed by atoms with van der Waals surface area (Å²) in [6, 6.07) is 14.4. The van der Waals surface area contributed by atoms with Crippen molar-refractivity contribution in [3.63, 3.8) is 0 Å². The fourth-order valence-electron chi connectivity index (χ4n) is 2.48. The number of carbonyl (C=O) groups is 1. The maximum absolute atomic E-state index is 10.9. The number of anilines is 4. The highest BCUT2D eigenvalue weighted by Crippen LogP contribution is 2.21. The van der Waals surface area contributed by atoms with E-state index >= 15 is 0 Å². The Hall–Kier alpha value is -3.41. The van der Waals surface area contributed by atoms with Gasteiger partial charge in [0, 0.05) is 23.1 Å². The molecule has 0 saturated heterocycles. The van der Waals surface area contributed by atoms with E-state index in [-0.39, 0.29) is 5.56 Å². The Labute approximate surface area is 152 Å². The first-order valence-corrected chi connectivity index (χ1v) is 8.21. The topological polar surface area (TPSA) is 87.1 Å². The van der Waals surface area contributed by atoms with E-state index in [0.29, 0.717) is 11.8 Å². The van der Waals surface area contributed by atoms with E-state index < -0.39 is 5.97 Å². The Morgan fingerprint density at radius 2 is 1.54 bits per heavy atom. The predicted molar refractivity (Wildman–Crippen MR) is 103 cm³/mol. The minimum atomic E-state index is -0.950. The van der Waals surface area contributed by atoms with Gasteiger partial charge < -0.3 is 15.7 Å². The zero-order valence-electron chi connectivity index (χ0n) is 14.9. The van der Waals surface area contributed by atoms with Crippen molar-refractivity contribution in [1.29, 1.82) is 0 Å². The number of nitrogens with zero attached hydrogens (tertiary/aromatic N) is 2. The number of carboxylic acid groups (broad SMARTS) is 1. The Kier molecular flexibility index (Phi) is 4.84. The molecule has 0 bridgehead atoms. The van der Waals surface area contributed by atoms with Crippen LogP contribution in [-0.4, -0.2) is 21.0 Å². The average molecular weight is 348 g/mol. The second-order valence-corrected chi connectivity index (χ2v) is 6.15. The summed E-state index contributed by atoms with van der Waals surface area (Å²) in [5.74, 6) is 0.180. The zero-order valence-corrected chi connectivity index (χ0v) is 14.9. The molecule has 1 heterocycles. The van der Waals surface area contributed by atoms with Crippen molar-refractivity contribution in [2.24, 2.45) is 0 Å². The number of hydrogen-bond donors (Lipinski definition) is 3. The van der Waals surface area contributed by atoms with Gasteiger partial charge in [0.1, 0.15) is 5.82 Å². The van der Waals surface area contributed by atoms with Crippen LogP contribution in [0.1, 0.15) is 27.2 Å². The molecular formula is C20H20N4O2. The molecule has 1 aromatic heterocycles. The van der Waals surface area contributed by atoms with E-state index in [1.807, 2.05) is 19.1 Å². The number of aryl methyl sites for hydroxylation is 3. The van der Waals surface area contributed by atoms with Crippen LogP contribution in [-0.2, 0) is 0 Å². The van der Waals surface area contributed by atoms with Crippen LogP contribution < -0.4 is 10.6 Å².